The van der Waals surface area contributed by atoms with Crippen molar-refractivity contribution in [2.75, 3.05) is 39.6 Å². The highest BCUT2D eigenvalue weighted by atomic mass is 16.5. The topological polar surface area (TPSA) is 183 Å². The predicted molar refractivity (Wildman–Crippen MR) is 199 cm³/mol. The zero-order chi connectivity index (χ0) is 35.5. The Balaban J connectivity index is 0.000000686. The Labute approximate surface area is 289 Å². The summed E-state index contributed by atoms with van der Waals surface area (Å²) in [7, 11) is 5.26. The molecule has 0 unspecified atom stereocenters. The molecule has 3 aliphatic carbocycles. The second-order valence-electron chi connectivity index (χ2n) is 12.8. The van der Waals surface area contributed by atoms with E-state index in [0.29, 0.717) is 47.7 Å². The van der Waals surface area contributed by atoms with Gasteiger partial charge in [-0.1, -0.05) is 23.8 Å². The predicted octanol–water partition coefficient (Wildman–Crippen LogP) is 4.39. The van der Waals surface area contributed by atoms with Crippen LogP contribution in [0.2, 0.25) is 0 Å². The molecule has 3 fully saturated rings. The molecule has 49 heavy (non-hydrogen) atoms. The van der Waals surface area contributed by atoms with Gasteiger partial charge in [-0.15, -0.1) is 0 Å². The van der Waals surface area contributed by atoms with Crippen LogP contribution in [0.4, 0.5) is 5.69 Å². The number of hydrogen-bond donors (Lipinski definition) is 6. The average Bonchev–Trinajstić information content (AvgIpc) is 3.99. The first-order chi connectivity index (χ1) is 23.5. The van der Waals surface area contributed by atoms with Gasteiger partial charge in [0.15, 0.2) is 0 Å². The van der Waals surface area contributed by atoms with Crippen molar-refractivity contribution in [3.63, 3.8) is 0 Å². The lowest BCUT2D eigenvalue weighted by molar-refractivity contribution is -0.125. The number of allylic oxidation sites excluding steroid dienone is 5. The highest BCUT2D eigenvalue weighted by Gasteiger charge is 2.29. The van der Waals surface area contributed by atoms with E-state index in [1.165, 1.54) is 25.3 Å². The Bertz CT molecular complexity index is 1630. The van der Waals surface area contributed by atoms with Crippen LogP contribution in [0.3, 0.4) is 0 Å². The summed E-state index contributed by atoms with van der Waals surface area (Å²) >= 11 is 0. The van der Waals surface area contributed by atoms with Gasteiger partial charge in [-0.3, -0.25) is 14.6 Å². The number of amides is 2. The van der Waals surface area contributed by atoms with Gasteiger partial charge >= 0.3 is 0 Å². The minimum absolute atomic E-state index is 0.0373. The summed E-state index contributed by atoms with van der Waals surface area (Å²) in [5.74, 6) is 0.187. The van der Waals surface area contributed by atoms with Gasteiger partial charge in [-0.05, 0) is 82.7 Å². The summed E-state index contributed by atoms with van der Waals surface area (Å²) < 4.78 is 5.77. The van der Waals surface area contributed by atoms with E-state index in [2.05, 4.69) is 32.1 Å². The summed E-state index contributed by atoms with van der Waals surface area (Å²) in [6, 6.07) is 6.00. The van der Waals surface area contributed by atoms with Crippen LogP contribution >= 0.6 is 0 Å². The molecular weight excluding hydrogens is 618 g/mol. The average molecular weight is 670 g/mol. The van der Waals surface area contributed by atoms with Crippen molar-refractivity contribution in [2.24, 2.45) is 27.4 Å². The Morgan fingerprint density at radius 1 is 1.14 bits per heavy atom. The number of carbonyl (C=O) groups excluding carboxylic acids is 2. The molecule has 0 bridgehead atoms. The van der Waals surface area contributed by atoms with Crippen molar-refractivity contribution < 1.29 is 14.3 Å². The van der Waals surface area contributed by atoms with E-state index in [4.69, 9.17) is 21.6 Å². The van der Waals surface area contributed by atoms with Crippen molar-refractivity contribution in [3.8, 4) is 5.75 Å². The van der Waals surface area contributed by atoms with E-state index in [1.54, 1.807) is 43.8 Å². The van der Waals surface area contributed by atoms with E-state index >= 15 is 0 Å². The van der Waals surface area contributed by atoms with Gasteiger partial charge < -0.3 is 42.5 Å². The molecule has 4 aliphatic rings. The number of anilines is 1. The monoisotopic (exact) mass is 669 g/mol. The molecule has 1 heterocycles. The molecule has 0 spiro atoms. The van der Waals surface area contributed by atoms with Crippen LogP contribution in [-0.4, -0.2) is 74.8 Å². The van der Waals surface area contributed by atoms with Crippen LogP contribution in [0.15, 0.2) is 80.8 Å². The number of para-hydroxylation sites is 1. The van der Waals surface area contributed by atoms with Crippen molar-refractivity contribution in [2.45, 2.75) is 64.8 Å². The molecular formula is C37H51N9O3. The quantitative estimate of drug-likeness (QED) is 0.132. The van der Waals surface area contributed by atoms with Crippen LogP contribution in [0.1, 0.15) is 64.4 Å². The number of aliphatic imine (C=N–C) groups is 2. The zero-order valence-electron chi connectivity index (χ0n) is 29.4. The van der Waals surface area contributed by atoms with Gasteiger partial charge in [0.2, 0.25) is 0 Å². The number of nitrogens with two attached hydrogens (primary N) is 2. The van der Waals surface area contributed by atoms with Crippen LogP contribution in [0, 0.1) is 11.3 Å². The number of hydrogen-bond acceptors (Lipinski definition) is 9. The first-order valence-corrected chi connectivity index (χ1v) is 16.8. The fourth-order valence-corrected chi connectivity index (χ4v) is 4.99. The lowest BCUT2D eigenvalue weighted by Gasteiger charge is -2.24. The lowest BCUT2D eigenvalue weighted by atomic mass is 9.94. The van der Waals surface area contributed by atoms with E-state index in [-0.39, 0.29) is 29.3 Å². The van der Waals surface area contributed by atoms with Crippen molar-refractivity contribution in [1.29, 1.82) is 5.41 Å². The van der Waals surface area contributed by atoms with Crippen molar-refractivity contribution in [3.05, 3.63) is 76.4 Å². The molecule has 0 radical (unpaired) electrons. The number of dihydropyridines is 1. The summed E-state index contributed by atoms with van der Waals surface area (Å²) in [5.41, 5.74) is 18.5. The van der Waals surface area contributed by atoms with Gasteiger partial charge in [0, 0.05) is 62.2 Å². The van der Waals surface area contributed by atoms with Crippen LogP contribution < -0.4 is 32.2 Å². The molecule has 0 aromatic heterocycles. The molecule has 262 valence electrons. The van der Waals surface area contributed by atoms with Crippen LogP contribution in [0.5, 0.6) is 5.75 Å². The van der Waals surface area contributed by atoms with Crippen LogP contribution in [-0.2, 0) is 9.59 Å². The molecule has 12 heteroatoms. The van der Waals surface area contributed by atoms with Crippen LogP contribution in [0.25, 0.3) is 5.57 Å². The Morgan fingerprint density at radius 2 is 1.88 bits per heavy atom. The Hall–Kier alpha value is -5.13. The number of amidine groups is 1. The Morgan fingerprint density at radius 3 is 2.39 bits per heavy atom. The smallest absolute Gasteiger partial charge is 0.269 e. The second kappa shape index (κ2) is 17.3. The molecule has 3 saturated carbocycles. The maximum absolute atomic E-state index is 13.2. The SMILES string of the molecule is CNC=C1CCC1.COc1c(N/C(=C/C(N)=NC(=O)C2CC2)C(C)=N)cccc1C1=CC=C(C(=O)N(C)C/C(C=NC2CC2)=C(\C)N)NC1. The summed E-state index contributed by atoms with van der Waals surface area (Å²) in [5, 5.41) is 17.7. The minimum Gasteiger partial charge on any atom is -0.494 e. The first kappa shape index (κ1) is 36.7. The van der Waals surface area contributed by atoms with Gasteiger partial charge in [0.25, 0.3) is 11.8 Å². The molecule has 0 atom stereocenters. The highest BCUT2D eigenvalue weighted by molar-refractivity contribution is 6.08. The molecule has 1 aliphatic heterocycles. The normalized spacial score (nSPS) is 18.0. The largest absolute Gasteiger partial charge is 0.494 e. The highest BCUT2D eigenvalue weighted by Crippen LogP contribution is 2.35. The number of ether oxygens (including phenoxy) is 1. The fourth-order valence-electron chi connectivity index (χ4n) is 4.99. The number of nitrogens with one attached hydrogen (secondary N) is 4. The van der Waals surface area contributed by atoms with Gasteiger partial charge in [-0.2, -0.15) is 4.99 Å². The number of benzene rings is 1. The Kier molecular flexibility index (Phi) is 13.0. The third-order valence-electron chi connectivity index (χ3n) is 8.44. The number of nitrogens with zero attached hydrogens (tertiary/aromatic N) is 3. The molecule has 5 rings (SSSR count). The molecule has 1 aromatic rings. The lowest BCUT2D eigenvalue weighted by Crippen LogP contribution is -2.37. The standard InChI is InChI=1S/C31H40N8O3.C6H11N/c1-18(32)22(16-35-23-11-12-23)17-39(3)31(41)26-13-10-21(15-36-26)24-6-5-7-25(29(24)42-4)37-27(19(2)33)14-28(34)38-30(40)20-8-9-20;1-7-5-6-3-2-4-6/h5-7,10,13-14,16,20,23,33,36-37H,8-9,11-12,15,17,32H2,1-4H3,(H2,34,38,40);5,7H,2-4H2,1H3/b22-18+,27-14+,33-19?,35-16?;. The first-order valence-electron chi connectivity index (χ1n) is 16.8. The number of carbonyl (C=O) groups is 2. The molecule has 12 nitrogen and oxygen atoms in total. The number of methoxy groups -OCH3 is 1. The fraction of sp³-hybridized carbons (Fsp3) is 0.432. The van der Waals surface area contributed by atoms with E-state index in [0.717, 1.165) is 42.4 Å². The molecule has 0 saturated heterocycles. The minimum atomic E-state index is -0.229. The number of rotatable bonds is 13. The zero-order valence-corrected chi connectivity index (χ0v) is 29.4. The number of likely N-dealkylation sites (N-methyl/N-ethyl adjacent to an activating group) is 1. The molecule has 1 aromatic carbocycles. The molecule has 2 amide bonds. The summed E-state index contributed by atoms with van der Waals surface area (Å²) in [6.07, 6.45) is 16.9. The van der Waals surface area contributed by atoms with E-state index in [1.807, 2.05) is 38.2 Å². The maximum Gasteiger partial charge on any atom is 0.269 e. The second-order valence-corrected chi connectivity index (χ2v) is 12.8. The summed E-state index contributed by atoms with van der Waals surface area (Å²) in [4.78, 5) is 35.3. The summed E-state index contributed by atoms with van der Waals surface area (Å²) in [6.45, 7) is 4.20. The van der Waals surface area contributed by atoms with Gasteiger partial charge in [-0.25, -0.2) is 0 Å². The van der Waals surface area contributed by atoms with E-state index in [9.17, 15) is 9.59 Å². The third-order valence-corrected chi connectivity index (χ3v) is 8.44. The van der Waals surface area contributed by atoms with E-state index < -0.39 is 0 Å². The third kappa shape index (κ3) is 10.9. The maximum atomic E-state index is 13.2. The van der Waals surface area contributed by atoms with Crippen molar-refractivity contribution in [1.82, 2.24) is 15.5 Å². The van der Waals surface area contributed by atoms with Gasteiger partial charge in [0.1, 0.15) is 17.3 Å². The van der Waals surface area contributed by atoms with Gasteiger partial charge in [0.05, 0.1) is 30.2 Å². The molecule has 8 N–H and O–H groups in total. The van der Waals surface area contributed by atoms with Crippen molar-refractivity contribution >= 4 is 40.8 Å².